The van der Waals surface area contributed by atoms with Gasteiger partial charge in [-0.25, -0.2) is 0 Å². The molecule has 0 bridgehead atoms. The van der Waals surface area contributed by atoms with Crippen LogP contribution in [0.2, 0.25) is 0 Å². The predicted molar refractivity (Wildman–Crippen MR) is 59.8 cm³/mol. The summed E-state index contributed by atoms with van der Waals surface area (Å²) in [5.74, 6) is 0.199. The van der Waals surface area contributed by atoms with Crippen molar-refractivity contribution in [1.82, 2.24) is 5.32 Å². The number of benzene rings is 1. The molecule has 0 aromatic heterocycles. The Balaban J connectivity index is 2.69. The quantitative estimate of drug-likeness (QED) is 0.807. The molecular formula is C12H17F2NO. The molecular weight excluding hydrogens is 212 g/mol. The summed E-state index contributed by atoms with van der Waals surface area (Å²) < 4.78 is 28.2. The molecule has 0 radical (unpaired) electrons. The van der Waals surface area contributed by atoms with Gasteiger partial charge in [0.25, 0.3) is 0 Å². The first kappa shape index (κ1) is 12.9. The molecule has 1 unspecified atom stereocenters. The van der Waals surface area contributed by atoms with Crippen LogP contribution in [0.1, 0.15) is 31.9 Å². The number of ether oxygens (including phenoxy) is 1. The smallest absolute Gasteiger partial charge is 0.387 e. The predicted octanol–water partition coefficient (Wildman–Crippen LogP) is 3.35. The van der Waals surface area contributed by atoms with E-state index < -0.39 is 6.61 Å². The van der Waals surface area contributed by atoms with Crippen molar-refractivity contribution in [2.45, 2.75) is 32.9 Å². The van der Waals surface area contributed by atoms with Crippen LogP contribution in [0.15, 0.2) is 24.3 Å². The highest BCUT2D eigenvalue weighted by atomic mass is 19.3. The summed E-state index contributed by atoms with van der Waals surface area (Å²) in [5, 5.41) is 3.32. The molecule has 0 saturated heterocycles. The normalized spacial score (nSPS) is 12.8. The van der Waals surface area contributed by atoms with Crippen LogP contribution in [0.4, 0.5) is 8.78 Å². The third kappa shape index (κ3) is 3.77. The maximum absolute atomic E-state index is 11.9. The zero-order valence-corrected chi connectivity index (χ0v) is 9.54. The van der Waals surface area contributed by atoms with E-state index >= 15 is 0 Å². The number of alkyl halides is 2. The van der Waals surface area contributed by atoms with Crippen LogP contribution in [0.5, 0.6) is 5.75 Å². The van der Waals surface area contributed by atoms with E-state index in [4.69, 9.17) is 0 Å². The van der Waals surface area contributed by atoms with Gasteiger partial charge in [0.1, 0.15) is 5.75 Å². The lowest BCUT2D eigenvalue weighted by Crippen LogP contribution is -2.19. The number of rotatable bonds is 6. The molecule has 1 N–H and O–H groups in total. The van der Waals surface area contributed by atoms with Gasteiger partial charge in [-0.3, -0.25) is 0 Å². The van der Waals surface area contributed by atoms with Gasteiger partial charge in [-0.1, -0.05) is 26.0 Å². The first-order valence-electron chi connectivity index (χ1n) is 5.45. The molecule has 90 valence electrons. The van der Waals surface area contributed by atoms with Crippen molar-refractivity contribution >= 4 is 0 Å². The second-order valence-corrected chi connectivity index (χ2v) is 3.47. The van der Waals surface area contributed by atoms with E-state index in [1.165, 1.54) is 0 Å². The fourth-order valence-corrected chi connectivity index (χ4v) is 1.63. The Bertz CT molecular complexity index is 300. The molecule has 0 spiro atoms. The van der Waals surface area contributed by atoms with Crippen LogP contribution in [0.3, 0.4) is 0 Å². The van der Waals surface area contributed by atoms with Crippen molar-refractivity contribution in [2.75, 3.05) is 6.54 Å². The highest BCUT2D eigenvalue weighted by molar-refractivity contribution is 5.29. The van der Waals surface area contributed by atoms with Gasteiger partial charge in [0.2, 0.25) is 0 Å². The Morgan fingerprint density at radius 2 is 1.81 bits per heavy atom. The highest BCUT2D eigenvalue weighted by Gasteiger charge is 2.08. The first-order chi connectivity index (χ1) is 7.67. The average molecular weight is 229 g/mol. The van der Waals surface area contributed by atoms with Crippen molar-refractivity contribution in [3.63, 3.8) is 0 Å². The van der Waals surface area contributed by atoms with Gasteiger partial charge in [-0.15, -0.1) is 0 Å². The van der Waals surface area contributed by atoms with Crippen LogP contribution in [0.25, 0.3) is 0 Å². The molecule has 0 aliphatic rings. The van der Waals surface area contributed by atoms with Gasteiger partial charge < -0.3 is 10.1 Å². The third-order valence-electron chi connectivity index (χ3n) is 2.37. The van der Waals surface area contributed by atoms with Crippen LogP contribution >= 0.6 is 0 Å². The molecule has 0 saturated carbocycles. The molecule has 2 nitrogen and oxygen atoms in total. The van der Waals surface area contributed by atoms with Gasteiger partial charge >= 0.3 is 6.61 Å². The Kier molecular flexibility index (Phi) is 5.19. The maximum atomic E-state index is 11.9. The Morgan fingerprint density at radius 3 is 2.25 bits per heavy atom. The van der Waals surface area contributed by atoms with E-state index in [0.29, 0.717) is 0 Å². The average Bonchev–Trinajstić information content (AvgIpc) is 2.26. The van der Waals surface area contributed by atoms with E-state index in [1.54, 1.807) is 12.1 Å². The van der Waals surface area contributed by atoms with E-state index in [0.717, 1.165) is 18.5 Å². The summed E-state index contributed by atoms with van der Waals surface area (Å²) in [7, 11) is 0. The lowest BCUT2D eigenvalue weighted by atomic mass is 10.0. The molecule has 1 rings (SSSR count). The molecule has 1 atom stereocenters. The summed E-state index contributed by atoms with van der Waals surface area (Å²) in [6.45, 7) is 2.24. The zero-order chi connectivity index (χ0) is 12.0. The van der Waals surface area contributed by atoms with E-state index in [9.17, 15) is 8.78 Å². The molecule has 0 aliphatic carbocycles. The Morgan fingerprint density at radius 1 is 1.19 bits per heavy atom. The van der Waals surface area contributed by atoms with Gasteiger partial charge in [0, 0.05) is 6.04 Å². The van der Waals surface area contributed by atoms with Crippen molar-refractivity contribution < 1.29 is 13.5 Å². The lowest BCUT2D eigenvalue weighted by molar-refractivity contribution is -0.0498. The van der Waals surface area contributed by atoms with Crippen molar-refractivity contribution in [1.29, 1.82) is 0 Å². The SMILES string of the molecule is CCNC(CC)c1ccc(OC(F)F)cc1. The summed E-state index contributed by atoms with van der Waals surface area (Å²) in [6, 6.07) is 7.04. The van der Waals surface area contributed by atoms with Crippen LogP contribution in [0, 0.1) is 0 Å². The molecule has 1 aromatic carbocycles. The van der Waals surface area contributed by atoms with E-state index in [2.05, 4.69) is 17.0 Å². The second-order valence-electron chi connectivity index (χ2n) is 3.47. The van der Waals surface area contributed by atoms with Gasteiger partial charge in [0.15, 0.2) is 0 Å². The molecule has 16 heavy (non-hydrogen) atoms. The summed E-state index contributed by atoms with van der Waals surface area (Å²) in [5.41, 5.74) is 1.09. The topological polar surface area (TPSA) is 21.3 Å². The number of hydrogen-bond donors (Lipinski definition) is 1. The van der Waals surface area contributed by atoms with Crippen LogP contribution in [-0.2, 0) is 0 Å². The fraction of sp³-hybridized carbons (Fsp3) is 0.500. The second kappa shape index (κ2) is 6.43. The zero-order valence-electron chi connectivity index (χ0n) is 9.54. The molecule has 0 amide bonds. The first-order valence-corrected chi connectivity index (χ1v) is 5.45. The van der Waals surface area contributed by atoms with Gasteiger partial charge in [0.05, 0.1) is 0 Å². The van der Waals surface area contributed by atoms with E-state index in [-0.39, 0.29) is 11.8 Å². The Hall–Kier alpha value is -1.16. The number of hydrogen-bond acceptors (Lipinski definition) is 2. The standard InChI is InChI=1S/C12H17F2NO/c1-3-11(15-4-2)9-5-7-10(8-6-9)16-12(13)14/h5-8,11-12,15H,3-4H2,1-2H3. The fourth-order valence-electron chi connectivity index (χ4n) is 1.63. The van der Waals surface area contributed by atoms with Gasteiger partial charge in [-0.2, -0.15) is 8.78 Å². The molecule has 0 fully saturated rings. The maximum Gasteiger partial charge on any atom is 0.387 e. The highest BCUT2D eigenvalue weighted by Crippen LogP contribution is 2.21. The molecule has 0 heterocycles. The monoisotopic (exact) mass is 229 g/mol. The van der Waals surface area contributed by atoms with E-state index in [1.807, 2.05) is 19.1 Å². The number of nitrogens with one attached hydrogen (secondary N) is 1. The van der Waals surface area contributed by atoms with Gasteiger partial charge in [-0.05, 0) is 30.7 Å². The molecule has 1 aromatic rings. The summed E-state index contributed by atoms with van der Waals surface area (Å²) in [6.07, 6.45) is 0.961. The minimum Gasteiger partial charge on any atom is -0.435 e. The van der Waals surface area contributed by atoms with Crippen molar-refractivity contribution in [3.05, 3.63) is 29.8 Å². The van der Waals surface area contributed by atoms with Crippen molar-refractivity contribution in [3.8, 4) is 5.75 Å². The minimum absolute atomic E-state index is 0.199. The lowest BCUT2D eigenvalue weighted by Gasteiger charge is -2.16. The summed E-state index contributed by atoms with van der Waals surface area (Å²) >= 11 is 0. The molecule has 4 heteroatoms. The Labute approximate surface area is 94.6 Å². The minimum atomic E-state index is -2.76. The van der Waals surface area contributed by atoms with Crippen LogP contribution in [-0.4, -0.2) is 13.2 Å². The van der Waals surface area contributed by atoms with Crippen molar-refractivity contribution in [2.24, 2.45) is 0 Å². The summed E-state index contributed by atoms with van der Waals surface area (Å²) in [4.78, 5) is 0. The third-order valence-corrected chi connectivity index (χ3v) is 2.37. The molecule has 0 aliphatic heterocycles. The van der Waals surface area contributed by atoms with Crippen LogP contribution < -0.4 is 10.1 Å². The number of halogens is 2. The largest absolute Gasteiger partial charge is 0.435 e.